The first kappa shape index (κ1) is 18.5. The van der Waals surface area contributed by atoms with Gasteiger partial charge in [-0.2, -0.15) is 0 Å². The summed E-state index contributed by atoms with van der Waals surface area (Å²) in [6.07, 6.45) is 1.10. The number of carbonyl (C=O) groups excluding carboxylic acids is 1. The van der Waals surface area contributed by atoms with E-state index in [1.807, 2.05) is 56.6 Å². The molecule has 1 atom stereocenters. The van der Waals surface area contributed by atoms with Crippen molar-refractivity contribution in [2.24, 2.45) is 0 Å². The molecule has 0 aliphatic carbocycles. The zero-order chi connectivity index (χ0) is 18.5. The topological polar surface area (TPSA) is 50.8 Å². The van der Waals surface area contributed by atoms with Crippen LogP contribution in [0.2, 0.25) is 5.02 Å². The minimum Gasteiger partial charge on any atom is -0.454 e. The summed E-state index contributed by atoms with van der Waals surface area (Å²) < 4.78 is 10.8. The fraction of sp³-hybridized carbons (Fsp3) is 0.350. The van der Waals surface area contributed by atoms with Gasteiger partial charge in [-0.25, -0.2) is 0 Å². The van der Waals surface area contributed by atoms with Crippen molar-refractivity contribution in [3.63, 3.8) is 0 Å². The summed E-state index contributed by atoms with van der Waals surface area (Å²) in [6.45, 7) is 0.784. The van der Waals surface area contributed by atoms with Crippen LogP contribution >= 0.6 is 11.6 Å². The Balaban J connectivity index is 1.56. The number of nitrogens with zero attached hydrogens (tertiary/aromatic N) is 1. The SMILES string of the molecule is CN(C)C(CNC(=O)CCc1cccc(Cl)c1)c1ccc2c(c1)OCO2. The third-order valence-corrected chi connectivity index (χ3v) is 4.66. The average Bonchev–Trinajstić information content (AvgIpc) is 3.08. The zero-order valence-electron chi connectivity index (χ0n) is 15.0. The fourth-order valence-corrected chi connectivity index (χ4v) is 3.18. The Morgan fingerprint density at radius 2 is 2.00 bits per heavy atom. The van der Waals surface area contributed by atoms with Gasteiger partial charge in [0.25, 0.3) is 0 Å². The first-order valence-electron chi connectivity index (χ1n) is 8.60. The highest BCUT2D eigenvalue weighted by Crippen LogP contribution is 2.34. The molecule has 2 aromatic rings. The van der Waals surface area contributed by atoms with Crippen LogP contribution in [0, 0.1) is 0 Å². The number of rotatable bonds is 7. The third-order valence-electron chi connectivity index (χ3n) is 4.43. The predicted octanol–water partition coefficient (Wildman–Crippen LogP) is 3.42. The van der Waals surface area contributed by atoms with Gasteiger partial charge in [0.1, 0.15) is 0 Å². The number of likely N-dealkylation sites (N-methyl/N-ethyl adjacent to an activating group) is 1. The van der Waals surface area contributed by atoms with E-state index in [-0.39, 0.29) is 18.7 Å². The minimum absolute atomic E-state index is 0.0255. The highest BCUT2D eigenvalue weighted by Gasteiger charge is 2.20. The number of aryl methyl sites for hydroxylation is 1. The van der Waals surface area contributed by atoms with E-state index >= 15 is 0 Å². The largest absolute Gasteiger partial charge is 0.454 e. The first-order chi connectivity index (χ1) is 12.5. The number of benzene rings is 2. The molecular formula is C20H23ClN2O3. The van der Waals surface area contributed by atoms with Gasteiger partial charge in [0, 0.05) is 18.0 Å². The molecule has 5 nitrogen and oxygen atoms in total. The number of hydrogen-bond donors (Lipinski definition) is 1. The van der Waals surface area contributed by atoms with Crippen molar-refractivity contribution in [2.45, 2.75) is 18.9 Å². The lowest BCUT2D eigenvalue weighted by atomic mass is 10.0. The molecule has 0 bridgehead atoms. The van der Waals surface area contributed by atoms with Crippen molar-refractivity contribution in [3.8, 4) is 11.5 Å². The quantitative estimate of drug-likeness (QED) is 0.806. The maximum Gasteiger partial charge on any atom is 0.231 e. The molecule has 0 aromatic heterocycles. The molecule has 1 amide bonds. The summed E-state index contributed by atoms with van der Waals surface area (Å²) in [5, 5.41) is 3.72. The van der Waals surface area contributed by atoms with Crippen molar-refractivity contribution in [1.82, 2.24) is 10.2 Å². The van der Waals surface area contributed by atoms with Crippen molar-refractivity contribution in [1.29, 1.82) is 0 Å². The second-order valence-electron chi connectivity index (χ2n) is 6.53. The molecule has 3 rings (SSSR count). The molecule has 1 N–H and O–H groups in total. The van der Waals surface area contributed by atoms with E-state index in [1.54, 1.807) is 0 Å². The van der Waals surface area contributed by atoms with Crippen LogP contribution in [0.25, 0.3) is 0 Å². The average molecular weight is 375 g/mol. The lowest BCUT2D eigenvalue weighted by Crippen LogP contribution is -2.34. The van der Waals surface area contributed by atoms with Gasteiger partial charge in [-0.05, 0) is 55.9 Å². The number of hydrogen-bond acceptors (Lipinski definition) is 4. The Bertz CT molecular complexity index is 779. The van der Waals surface area contributed by atoms with Crippen LogP contribution in [0.5, 0.6) is 11.5 Å². The molecular weight excluding hydrogens is 352 g/mol. The molecule has 0 spiro atoms. The normalized spacial score (nSPS) is 13.7. The van der Waals surface area contributed by atoms with Crippen molar-refractivity contribution >= 4 is 17.5 Å². The number of carbonyl (C=O) groups is 1. The van der Waals surface area contributed by atoms with Crippen LogP contribution in [0.4, 0.5) is 0 Å². The van der Waals surface area contributed by atoms with E-state index in [0.717, 1.165) is 22.6 Å². The highest BCUT2D eigenvalue weighted by atomic mass is 35.5. The molecule has 1 aliphatic heterocycles. The van der Waals surface area contributed by atoms with Crippen LogP contribution in [0.3, 0.4) is 0 Å². The van der Waals surface area contributed by atoms with Gasteiger partial charge in [-0.1, -0.05) is 29.8 Å². The van der Waals surface area contributed by atoms with Gasteiger partial charge in [0.2, 0.25) is 12.7 Å². The number of ether oxygens (including phenoxy) is 2. The summed E-state index contributed by atoms with van der Waals surface area (Å²) in [7, 11) is 3.99. The molecule has 1 aliphatic rings. The monoisotopic (exact) mass is 374 g/mol. The van der Waals surface area contributed by atoms with Crippen molar-refractivity contribution in [2.75, 3.05) is 27.4 Å². The van der Waals surface area contributed by atoms with Gasteiger partial charge >= 0.3 is 0 Å². The standard InChI is InChI=1S/C20H23ClN2O3/c1-23(2)17(15-7-8-18-19(11-15)26-13-25-18)12-22-20(24)9-6-14-4-3-5-16(21)10-14/h3-5,7-8,10-11,17H,6,9,12-13H2,1-2H3,(H,22,24). The number of amides is 1. The zero-order valence-corrected chi connectivity index (χ0v) is 15.8. The summed E-state index contributed by atoms with van der Waals surface area (Å²) >= 11 is 5.98. The highest BCUT2D eigenvalue weighted by molar-refractivity contribution is 6.30. The molecule has 1 unspecified atom stereocenters. The van der Waals surface area contributed by atoms with Gasteiger partial charge in [0.15, 0.2) is 11.5 Å². The second-order valence-corrected chi connectivity index (χ2v) is 6.96. The van der Waals surface area contributed by atoms with E-state index in [1.165, 1.54) is 0 Å². The van der Waals surface area contributed by atoms with Crippen molar-refractivity contribution in [3.05, 3.63) is 58.6 Å². The molecule has 0 saturated heterocycles. The maximum atomic E-state index is 12.2. The minimum atomic E-state index is 0.0255. The molecule has 2 aromatic carbocycles. The van der Waals surface area contributed by atoms with Crippen LogP contribution in [-0.4, -0.2) is 38.2 Å². The van der Waals surface area contributed by atoms with Crippen LogP contribution in [-0.2, 0) is 11.2 Å². The number of fused-ring (bicyclic) bond motifs is 1. The van der Waals surface area contributed by atoms with Crippen LogP contribution < -0.4 is 14.8 Å². The lowest BCUT2D eigenvalue weighted by Gasteiger charge is -2.25. The van der Waals surface area contributed by atoms with Gasteiger partial charge in [0.05, 0.1) is 6.04 Å². The molecule has 1 heterocycles. The fourth-order valence-electron chi connectivity index (χ4n) is 2.97. The Kier molecular flexibility index (Phi) is 6.01. The van der Waals surface area contributed by atoms with Crippen molar-refractivity contribution < 1.29 is 14.3 Å². The summed E-state index contributed by atoms with van der Waals surface area (Å²) in [4.78, 5) is 14.3. The predicted molar refractivity (Wildman–Crippen MR) is 102 cm³/mol. The first-order valence-corrected chi connectivity index (χ1v) is 8.98. The lowest BCUT2D eigenvalue weighted by molar-refractivity contribution is -0.121. The Hall–Kier alpha value is -2.24. The third kappa shape index (κ3) is 4.68. The Morgan fingerprint density at radius 1 is 1.19 bits per heavy atom. The molecule has 138 valence electrons. The Labute approximate surface area is 158 Å². The van der Waals surface area contributed by atoms with E-state index in [9.17, 15) is 4.79 Å². The van der Waals surface area contributed by atoms with E-state index in [2.05, 4.69) is 10.2 Å². The van der Waals surface area contributed by atoms with E-state index in [0.29, 0.717) is 24.4 Å². The van der Waals surface area contributed by atoms with E-state index in [4.69, 9.17) is 21.1 Å². The molecule has 0 saturated carbocycles. The van der Waals surface area contributed by atoms with Crippen LogP contribution in [0.15, 0.2) is 42.5 Å². The van der Waals surface area contributed by atoms with Gasteiger partial charge in [-0.3, -0.25) is 4.79 Å². The van der Waals surface area contributed by atoms with Gasteiger partial charge < -0.3 is 19.7 Å². The summed E-state index contributed by atoms with van der Waals surface area (Å²) in [5.41, 5.74) is 2.14. The smallest absolute Gasteiger partial charge is 0.231 e. The molecule has 26 heavy (non-hydrogen) atoms. The summed E-state index contributed by atoms with van der Waals surface area (Å²) in [5.74, 6) is 1.54. The number of halogens is 1. The summed E-state index contributed by atoms with van der Waals surface area (Å²) in [6, 6.07) is 13.6. The van der Waals surface area contributed by atoms with Gasteiger partial charge in [-0.15, -0.1) is 0 Å². The molecule has 6 heteroatoms. The number of nitrogens with one attached hydrogen (secondary N) is 1. The Morgan fingerprint density at radius 3 is 2.77 bits per heavy atom. The second kappa shape index (κ2) is 8.43. The molecule has 0 fully saturated rings. The van der Waals surface area contributed by atoms with Crippen LogP contribution in [0.1, 0.15) is 23.6 Å². The molecule has 0 radical (unpaired) electrons. The maximum absolute atomic E-state index is 12.2. The van der Waals surface area contributed by atoms with E-state index < -0.39 is 0 Å².